The number of benzene rings is 1. The molecule has 122 valence electrons. The van der Waals surface area contributed by atoms with Gasteiger partial charge in [0, 0.05) is 18.3 Å². The summed E-state index contributed by atoms with van der Waals surface area (Å²) in [5.74, 6) is -0.573. The summed E-state index contributed by atoms with van der Waals surface area (Å²) in [5, 5.41) is 0. The number of aromatic nitrogens is 1. The lowest BCUT2D eigenvalue weighted by atomic mass is 10.0. The molecule has 1 amide bonds. The third-order valence-electron chi connectivity index (χ3n) is 4.26. The predicted octanol–water partition coefficient (Wildman–Crippen LogP) is 3.81. The fourth-order valence-electron chi connectivity index (χ4n) is 2.81. The van der Waals surface area contributed by atoms with Gasteiger partial charge < -0.3 is 9.88 Å². The summed E-state index contributed by atoms with van der Waals surface area (Å²) in [6.07, 6.45) is 0. The van der Waals surface area contributed by atoms with Crippen molar-refractivity contribution in [3.05, 3.63) is 58.2 Å². The topological polar surface area (TPSA) is 53.2 Å². The van der Waals surface area contributed by atoms with Crippen molar-refractivity contribution in [2.75, 3.05) is 7.05 Å². The fourth-order valence-corrected chi connectivity index (χ4v) is 2.81. The molecule has 5 heteroatoms. The van der Waals surface area contributed by atoms with E-state index in [0.29, 0.717) is 22.5 Å². The maximum Gasteiger partial charge on any atom is 0.270 e. The number of aromatic amines is 1. The van der Waals surface area contributed by atoms with Crippen LogP contribution in [0.25, 0.3) is 0 Å². The molecule has 0 aliphatic rings. The molecule has 23 heavy (non-hydrogen) atoms. The Balaban J connectivity index is 2.31. The van der Waals surface area contributed by atoms with Crippen molar-refractivity contribution in [2.45, 2.75) is 33.7 Å². The van der Waals surface area contributed by atoms with Crippen molar-refractivity contribution in [1.82, 2.24) is 9.88 Å². The van der Waals surface area contributed by atoms with Gasteiger partial charge in [0.15, 0.2) is 5.78 Å². The van der Waals surface area contributed by atoms with Crippen LogP contribution in [-0.2, 0) is 0 Å². The van der Waals surface area contributed by atoms with Crippen LogP contribution in [0.4, 0.5) is 4.39 Å². The van der Waals surface area contributed by atoms with Crippen LogP contribution in [0, 0.1) is 19.7 Å². The van der Waals surface area contributed by atoms with E-state index in [1.54, 1.807) is 37.9 Å². The molecule has 1 heterocycles. The third kappa shape index (κ3) is 3.18. The molecular formula is C18H21FN2O2. The first-order valence-electron chi connectivity index (χ1n) is 7.46. The van der Waals surface area contributed by atoms with Crippen molar-refractivity contribution in [2.24, 2.45) is 0 Å². The van der Waals surface area contributed by atoms with E-state index in [0.717, 1.165) is 5.56 Å². The van der Waals surface area contributed by atoms with Gasteiger partial charge in [0.1, 0.15) is 11.5 Å². The number of H-pyrrole nitrogens is 1. The lowest BCUT2D eigenvalue weighted by molar-refractivity contribution is 0.0736. The van der Waals surface area contributed by atoms with E-state index >= 15 is 0 Å². The van der Waals surface area contributed by atoms with Gasteiger partial charge in [-0.3, -0.25) is 9.59 Å². The van der Waals surface area contributed by atoms with E-state index in [1.807, 2.05) is 6.92 Å². The Bertz CT molecular complexity index is 747. The lowest BCUT2D eigenvalue weighted by Gasteiger charge is -2.25. The van der Waals surface area contributed by atoms with Crippen molar-refractivity contribution < 1.29 is 14.0 Å². The molecule has 2 rings (SSSR count). The van der Waals surface area contributed by atoms with Crippen molar-refractivity contribution in [3.63, 3.8) is 0 Å². The van der Waals surface area contributed by atoms with E-state index in [-0.39, 0.29) is 23.5 Å². The molecule has 0 bridgehead atoms. The minimum Gasteiger partial charge on any atom is -0.354 e. The Kier molecular flexibility index (Phi) is 4.68. The maximum atomic E-state index is 13.0. The molecule has 0 aliphatic heterocycles. The number of nitrogens with one attached hydrogen (secondary N) is 1. The quantitative estimate of drug-likeness (QED) is 0.872. The van der Waals surface area contributed by atoms with Crippen LogP contribution in [0.1, 0.15) is 57.6 Å². The van der Waals surface area contributed by atoms with E-state index in [1.165, 1.54) is 19.1 Å². The Labute approximate surface area is 135 Å². The highest BCUT2D eigenvalue weighted by Gasteiger charge is 2.25. The highest BCUT2D eigenvalue weighted by Crippen LogP contribution is 2.24. The normalized spacial score (nSPS) is 12.1. The Morgan fingerprint density at radius 1 is 1.17 bits per heavy atom. The summed E-state index contributed by atoms with van der Waals surface area (Å²) < 4.78 is 13.0. The zero-order valence-electron chi connectivity index (χ0n) is 14.0. The first kappa shape index (κ1) is 16.9. The molecule has 4 nitrogen and oxygen atoms in total. The number of ketones is 1. The summed E-state index contributed by atoms with van der Waals surface area (Å²) in [6, 6.07) is 5.87. The van der Waals surface area contributed by atoms with Crippen LogP contribution < -0.4 is 0 Å². The molecule has 0 radical (unpaired) electrons. The van der Waals surface area contributed by atoms with Gasteiger partial charge in [0.2, 0.25) is 0 Å². The SMILES string of the molecule is CC(=O)c1c(C)[nH]c(C(=O)N(C)C(C)c2ccc(F)cc2)c1C. The number of aryl methyl sites for hydroxylation is 1. The summed E-state index contributed by atoms with van der Waals surface area (Å²) in [5.41, 5.74) is 3.19. The summed E-state index contributed by atoms with van der Waals surface area (Å²) in [7, 11) is 1.69. The largest absolute Gasteiger partial charge is 0.354 e. The molecule has 0 saturated heterocycles. The van der Waals surface area contributed by atoms with Crippen LogP contribution in [-0.4, -0.2) is 28.6 Å². The number of Topliss-reactive ketones (excluding diaryl/α,β-unsaturated/α-hetero) is 1. The summed E-state index contributed by atoms with van der Waals surface area (Å²) in [4.78, 5) is 29.0. The molecule has 2 aromatic rings. The number of amides is 1. The Morgan fingerprint density at radius 2 is 1.74 bits per heavy atom. The maximum absolute atomic E-state index is 13.0. The summed E-state index contributed by atoms with van der Waals surface area (Å²) in [6.45, 7) is 6.91. The van der Waals surface area contributed by atoms with Crippen LogP contribution in [0.15, 0.2) is 24.3 Å². The van der Waals surface area contributed by atoms with E-state index in [9.17, 15) is 14.0 Å². The van der Waals surface area contributed by atoms with E-state index in [4.69, 9.17) is 0 Å². The number of carbonyl (C=O) groups excluding carboxylic acids is 2. The molecule has 0 fully saturated rings. The van der Waals surface area contributed by atoms with Gasteiger partial charge in [0.05, 0.1) is 6.04 Å². The van der Waals surface area contributed by atoms with Gasteiger partial charge in [-0.05, 0) is 51.0 Å². The second-order valence-corrected chi connectivity index (χ2v) is 5.82. The zero-order chi connectivity index (χ0) is 17.3. The van der Waals surface area contributed by atoms with Crippen LogP contribution in [0.5, 0.6) is 0 Å². The van der Waals surface area contributed by atoms with Gasteiger partial charge in [0.25, 0.3) is 5.91 Å². The van der Waals surface area contributed by atoms with Gasteiger partial charge >= 0.3 is 0 Å². The lowest BCUT2D eigenvalue weighted by Crippen LogP contribution is -2.30. The van der Waals surface area contributed by atoms with Gasteiger partial charge in [-0.2, -0.15) is 0 Å². The molecule has 0 spiro atoms. The molecule has 1 unspecified atom stereocenters. The molecule has 0 aliphatic carbocycles. The number of nitrogens with zero attached hydrogens (tertiary/aromatic N) is 1. The van der Waals surface area contributed by atoms with E-state index < -0.39 is 0 Å². The summed E-state index contributed by atoms with van der Waals surface area (Å²) >= 11 is 0. The first-order valence-corrected chi connectivity index (χ1v) is 7.46. The predicted molar refractivity (Wildman–Crippen MR) is 87.2 cm³/mol. The number of carbonyl (C=O) groups is 2. The first-order chi connectivity index (χ1) is 10.7. The highest BCUT2D eigenvalue weighted by atomic mass is 19.1. The smallest absolute Gasteiger partial charge is 0.270 e. The standard InChI is InChI=1S/C18H21FN2O2/c1-10-16(13(4)22)11(2)20-17(10)18(23)21(5)12(3)14-6-8-15(19)9-7-14/h6-9,12,20H,1-5H3. The minimum absolute atomic E-state index is 0.0652. The Hall–Kier alpha value is -2.43. The fraction of sp³-hybridized carbons (Fsp3) is 0.333. The number of halogens is 1. The van der Waals surface area contributed by atoms with Crippen LogP contribution in [0.3, 0.4) is 0 Å². The van der Waals surface area contributed by atoms with Crippen molar-refractivity contribution in [3.8, 4) is 0 Å². The number of hydrogen-bond acceptors (Lipinski definition) is 2. The van der Waals surface area contributed by atoms with Crippen LogP contribution in [0.2, 0.25) is 0 Å². The highest BCUT2D eigenvalue weighted by molar-refractivity contribution is 6.02. The molecule has 1 aromatic heterocycles. The third-order valence-corrected chi connectivity index (χ3v) is 4.26. The molecular weight excluding hydrogens is 295 g/mol. The average Bonchev–Trinajstić information content (AvgIpc) is 2.80. The molecule has 1 atom stereocenters. The zero-order valence-corrected chi connectivity index (χ0v) is 14.0. The van der Waals surface area contributed by atoms with Crippen molar-refractivity contribution in [1.29, 1.82) is 0 Å². The van der Waals surface area contributed by atoms with Gasteiger partial charge in [-0.25, -0.2) is 4.39 Å². The average molecular weight is 316 g/mol. The monoisotopic (exact) mass is 316 g/mol. The second-order valence-electron chi connectivity index (χ2n) is 5.82. The van der Waals surface area contributed by atoms with Gasteiger partial charge in [-0.1, -0.05) is 12.1 Å². The minimum atomic E-state index is -0.308. The molecule has 1 aromatic carbocycles. The second kappa shape index (κ2) is 6.36. The Morgan fingerprint density at radius 3 is 2.22 bits per heavy atom. The van der Waals surface area contributed by atoms with Crippen LogP contribution >= 0.6 is 0 Å². The molecule has 1 N–H and O–H groups in total. The number of hydrogen-bond donors (Lipinski definition) is 1. The van der Waals surface area contributed by atoms with Crippen molar-refractivity contribution >= 4 is 11.7 Å². The van der Waals surface area contributed by atoms with E-state index in [2.05, 4.69) is 4.98 Å². The molecule has 0 saturated carbocycles. The van der Waals surface area contributed by atoms with Gasteiger partial charge in [-0.15, -0.1) is 0 Å². The number of rotatable bonds is 4.